The summed E-state index contributed by atoms with van der Waals surface area (Å²) in [6.45, 7) is 14.1. The third-order valence-corrected chi connectivity index (χ3v) is 8.37. The summed E-state index contributed by atoms with van der Waals surface area (Å²) in [6.07, 6.45) is 10.4. The van der Waals surface area contributed by atoms with Crippen LogP contribution in [-0.2, 0) is 9.59 Å². The smallest absolute Gasteiger partial charge is 0.307 e. The lowest BCUT2D eigenvalue weighted by molar-refractivity contribution is -0.138. The molecule has 8 bridgehead atoms. The third kappa shape index (κ3) is 5.10. The molecule has 5 aliphatic heterocycles. The van der Waals surface area contributed by atoms with Crippen molar-refractivity contribution in [3.05, 3.63) is 93.2 Å². The number of carboxylic acids is 2. The van der Waals surface area contributed by atoms with Gasteiger partial charge in [0.1, 0.15) is 0 Å². The highest BCUT2D eigenvalue weighted by Crippen LogP contribution is 2.41. The van der Waals surface area contributed by atoms with E-state index < -0.39 is 11.9 Å². The Hall–Kier alpha value is -4.46. The van der Waals surface area contributed by atoms with E-state index in [1.807, 2.05) is 45.1 Å². The van der Waals surface area contributed by atoms with Crippen LogP contribution in [0.1, 0.15) is 60.3 Å². The summed E-state index contributed by atoms with van der Waals surface area (Å²) in [7, 11) is 0. The predicted octanol–water partition coefficient (Wildman–Crippen LogP) is 6.49. The van der Waals surface area contributed by atoms with Gasteiger partial charge in [-0.15, -0.1) is 0 Å². The zero-order valence-corrected chi connectivity index (χ0v) is 24.1. The largest absolute Gasteiger partial charge is 0.481 e. The normalized spacial score (nSPS) is 23.5. The van der Waals surface area contributed by atoms with Gasteiger partial charge in [-0.1, -0.05) is 26.5 Å². The van der Waals surface area contributed by atoms with Crippen molar-refractivity contribution < 1.29 is 19.8 Å². The van der Waals surface area contributed by atoms with Gasteiger partial charge in [0.15, 0.2) is 0 Å². The number of hydrogen-bond acceptors (Lipinski definition) is 6. The van der Waals surface area contributed by atoms with Crippen LogP contribution in [0.2, 0.25) is 0 Å². The molecule has 0 saturated heterocycles. The Morgan fingerprint density at radius 2 is 1.49 bits per heavy atom. The van der Waals surface area contributed by atoms with E-state index in [-0.39, 0.29) is 24.7 Å². The monoisotopic (exact) mass is 550 g/mol. The Morgan fingerprint density at radius 1 is 0.854 bits per heavy atom. The summed E-state index contributed by atoms with van der Waals surface area (Å²) in [5.74, 6) is -2.32. The molecule has 0 aromatic rings. The second-order valence-electron chi connectivity index (χ2n) is 10.9. The van der Waals surface area contributed by atoms with Crippen LogP contribution >= 0.6 is 0 Å². The van der Waals surface area contributed by atoms with E-state index in [1.165, 1.54) is 0 Å². The fourth-order valence-electron chi connectivity index (χ4n) is 6.03. The Kier molecular flexibility index (Phi) is 7.43. The van der Waals surface area contributed by atoms with Crippen molar-refractivity contribution in [3.63, 3.8) is 0 Å². The van der Waals surface area contributed by atoms with E-state index in [4.69, 9.17) is 20.0 Å². The molecule has 8 heteroatoms. The van der Waals surface area contributed by atoms with Crippen molar-refractivity contribution in [2.45, 2.75) is 60.3 Å². The summed E-state index contributed by atoms with van der Waals surface area (Å²) in [5, 5.41) is 19.4. The van der Waals surface area contributed by atoms with Crippen LogP contribution in [0.15, 0.2) is 113 Å². The molecule has 2 unspecified atom stereocenters. The Bertz CT molecular complexity index is 1650. The maximum Gasteiger partial charge on any atom is 0.307 e. The summed E-state index contributed by atoms with van der Waals surface area (Å²) in [4.78, 5) is 43.5. The first-order valence-corrected chi connectivity index (χ1v) is 13.9. The van der Waals surface area contributed by atoms with Crippen molar-refractivity contribution in [1.82, 2.24) is 0 Å². The van der Waals surface area contributed by atoms with Crippen molar-refractivity contribution >= 4 is 34.8 Å². The fraction of sp³-hybridized carbons (Fsp3) is 0.333. The highest BCUT2D eigenvalue weighted by molar-refractivity contribution is 6.19. The second kappa shape index (κ2) is 10.8. The van der Waals surface area contributed by atoms with Gasteiger partial charge in [0.2, 0.25) is 0 Å². The Morgan fingerprint density at radius 3 is 2.15 bits per heavy atom. The van der Waals surface area contributed by atoms with Crippen LogP contribution < -0.4 is 0 Å². The van der Waals surface area contributed by atoms with Gasteiger partial charge in [-0.2, -0.15) is 0 Å². The number of rotatable bonds is 7. The molecular weight excluding hydrogens is 516 g/mol. The molecule has 2 N–H and O–H groups in total. The zero-order valence-electron chi connectivity index (χ0n) is 24.1. The molecule has 5 heterocycles. The number of aliphatic carboxylic acids is 2. The van der Waals surface area contributed by atoms with E-state index in [0.717, 1.165) is 68.5 Å². The molecule has 0 aliphatic carbocycles. The van der Waals surface area contributed by atoms with Crippen LogP contribution in [-0.4, -0.2) is 45.0 Å². The van der Waals surface area contributed by atoms with E-state index in [9.17, 15) is 19.8 Å². The molecule has 0 radical (unpaired) electrons. The highest BCUT2D eigenvalue weighted by Gasteiger charge is 2.36. The Balaban J connectivity index is 1.81. The summed E-state index contributed by atoms with van der Waals surface area (Å²) >= 11 is 0. The number of hydrogen-bond donors (Lipinski definition) is 2. The van der Waals surface area contributed by atoms with Crippen LogP contribution in [0.5, 0.6) is 0 Å². The third-order valence-electron chi connectivity index (χ3n) is 8.37. The van der Waals surface area contributed by atoms with Gasteiger partial charge in [0, 0.05) is 35.1 Å². The number of carboxylic acid groups (broad SMARTS) is 2. The second-order valence-corrected chi connectivity index (χ2v) is 10.9. The molecular formula is C33H34N4O4. The highest BCUT2D eigenvalue weighted by atomic mass is 16.4. The van der Waals surface area contributed by atoms with Gasteiger partial charge in [-0.25, -0.2) is 15.0 Å². The summed E-state index contributed by atoms with van der Waals surface area (Å²) in [6, 6.07) is 0. The molecule has 5 aliphatic rings. The molecule has 0 spiro atoms. The van der Waals surface area contributed by atoms with Crippen molar-refractivity contribution in [1.29, 1.82) is 0 Å². The lowest BCUT2D eigenvalue weighted by atomic mass is 9.84. The average molecular weight is 551 g/mol. The topological polar surface area (TPSA) is 124 Å². The lowest BCUT2D eigenvalue weighted by Gasteiger charge is -2.18. The number of fused-ring (bicyclic) bond motifs is 4. The molecule has 5 rings (SSSR count). The molecule has 0 amide bonds. The number of carbonyl (C=O) groups is 2. The molecule has 0 aromatic heterocycles. The van der Waals surface area contributed by atoms with Gasteiger partial charge in [0.25, 0.3) is 0 Å². The minimum atomic E-state index is -0.999. The maximum atomic E-state index is 12.1. The van der Waals surface area contributed by atoms with Crippen molar-refractivity contribution in [3.8, 4) is 0 Å². The van der Waals surface area contributed by atoms with E-state index in [2.05, 4.69) is 20.4 Å². The van der Waals surface area contributed by atoms with Crippen LogP contribution in [0, 0.1) is 11.8 Å². The standard InChI is InChI=1S/C33H34N4O4/c1-7-20-18(5)26-15-30-21(8-2)17(4)25(35-30)14-27-19(6)22(9-10-31(38)39)33(37-27)23(12-32(40)41)28-11-16(3)24(34-28)13-29(20)36-26/h8,11,13-15,19,22H,2,7,9-10,12H2,1,3-6H3,(H,38,39)(H,40,41). The first-order chi connectivity index (χ1) is 19.5. The Labute approximate surface area is 239 Å². The van der Waals surface area contributed by atoms with Crippen molar-refractivity contribution in [2.75, 3.05) is 0 Å². The van der Waals surface area contributed by atoms with Gasteiger partial charge in [-0.05, 0) is 80.2 Å². The fourth-order valence-corrected chi connectivity index (χ4v) is 6.03. The van der Waals surface area contributed by atoms with Crippen LogP contribution in [0.3, 0.4) is 0 Å². The van der Waals surface area contributed by atoms with E-state index in [1.54, 1.807) is 6.08 Å². The van der Waals surface area contributed by atoms with Gasteiger partial charge >= 0.3 is 11.9 Å². The quantitative estimate of drug-likeness (QED) is 0.376. The molecule has 41 heavy (non-hydrogen) atoms. The van der Waals surface area contributed by atoms with Gasteiger partial charge in [0.05, 0.1) is 46.3 Å². The average Bonchev–Trinajstić information content (AvgIpc) is 3.60. The first-order valence-electron chi connectivity index (χ1n) is 13.9. The zero-order chi connectivity index (χ0) is 29.6. The minimum absolute atomic E-state index is 0.0502. The van der Waals surface area contributed by atoms with Crippen molar-refractivity contribution in [2.24, 2.45) is 31.8 Å². The van der Waals surface area contributed by atoms with Gasteiger partial charge in [-0.3, -0.25) is 14.6 Å². The number of aliphatic imine (C=N–C) groups is 4. The first kappa shape index (κ1) is 28.1. The SMILES string of the molecule is C=CC1=C(C)C2=CC3=NC(=C(CC(=O)O)C4=NC(=CC5=NC(=CC1=N2)C(C)=C5CC)C(C)=C4)C(CCC(=O)O)C3C. The lowest BCUT2D eigenvalue weighted by Crippen LogP contribution is -2.18. The number of allylic oxidation sites excluding steroid dienone is 11. The molecule has 0 saturated carbocycles. The summed E-state index contributed by atoms with van der Waals surface area (Å²) < 4.78 is 0. The molecule has 2 atom stereocenters. The van der Waals surface area contributed by atoms with E-state index in [0.29, 0.717) is 23.4 Å². The molecule has 8 nitrogen and oxygen atoms in total. The molecule has 0 aromatic carbocycles. The van der Waals surface area contributed by atoms with Gasteiger partial charge < -0.3 is 10.2 Å². The maximum absolute atomic E-state index is 12.1. The van der Waals surface area contributed by atoms with E-state index >= 15 is 0 Å². The number of nitrogens with zero attached hydrogens (tertiary/aromatic N) is 4. The van der Waals surface area contributed by atoms with Crippen LogP contribution in [0.4, 0.5) is 0 Å². The minimum Gasteiger partial charge on any atom is -0.481 e. The predicted molar refractivity (Wildman–Crippen MR) is 162 cm³/mol. The molecule has 210 valence electrons. The van der Waals surface area contributed by atoms with Crippen LogP contribution in [0.25, 0.3) is 0 Å². The molecule has 0 fully saturated rings. The summed E-state index contributed by atoms with van der Waals surface area (Å²) in [5.41, 5.74) is 11.3.